The van der Waals surface area contributed by atoms with Gasteiger partial charge in [-0.2, -0.15) is 0 Å². The van der Waals surface area contributed by atoms with Crippen LogP contribution < -0.4 is 5.73 Å². The molecule has 0 radical (unpaired) electrons. The van der Waals surface area contributed by atoms with Crippen LogP contribution in [0, 0.1) is 0 Å². The lowest BCUT2D eigenvalue weighted by Gasteiger charge is -2.07. The molecule has 0 saturated carbocycles. The summed E-state index contributed by atoms with van der Waals surface area (Å²) in [5.41, 5.74) is 6.11. The third-order valence-corrected chi connectivity index (χ3v) is 5.80. The number of fused-ring (bicyclic) bond motifs is 1. The maximum Gasteiger partial charge on any atom is 0.213 e. The molecule has 4 nitrogen and oxygen atoms in total. The SMILES string of the molecule is N/C(=C1\C(=O)c2cc(Cl)ccc2S1(=O)=O)c1ccccc1Cl. The van der Waals surface area contributed by atoms with Crippen LogP contribution in [0.4, 0.5) is 0 Å². The molecule has 0 fully saturated rings. The van der Waals surface area contributed by atoms with Gasteiger partial charge in [0.25, 0.3) is 0 Å². The van der Waals surface area contributed by atoms with Gasteiger partial charge in [0, 0.05) is 21.2 Å². The van der Waals surface area contributed by atoms with Gasteiger partial charge < -0.3 is 5.73 Å². The highest BCUT2D eigenvalue weighted by atomic mass is 35.5. The number of ketones is 1. The summed E-state index contributed by atoms with van der Waals surface area (Å²) in [5.74, 6) is -0.671. The maximum atomic E-state index is 12.6. The molecule has 0 atom stereocenters. The number of Topliss-reactive ketones (excluding diaryl/α,β-unsaturated/α-hetero) is 1. The third-order valence-electron chi connectivity index (χ3n) is 3.36. The molecular weight excluding hydrogens is 345 g/mol. The van der Waals surface area contributed by atoms with Gasteiger partial charge in [0.05, 0.1) is 10.6 Å². The first-order valence-electron chi connectivity index (χ1n) is 6.18. The van der Waals surface area contributed by atoms with Crippen LogP contribution in [0.5, 0.6) is 0 Å². The number of carbonyl (C=O) groups excluding carboxylic acids is 1. The largest absolute Gasteiger partial charge is 0.397 e. The Hall–Kier alpha value is -1.82. The highest BCUT2D eigenvalue weighted by Crippen LogP contribution is 2.38. The zero-order valence-electron chi connectivity index (χ0n) is 11.0. The van der Waals surface area contributed by atoms with Gasteiger partial charge in [-0.05, 0) is 24.3 Å². The molecule has 1 aliphatic rings. The van der Waals surface area contributed by atoms with E-state index in [1.807, 2.05) is 0 Å². The van der Waals surface area contributed by atoms with E-state index in [9.17, 15) is 13.2 Å². The van der Waals surface area contributed by atoms with Gasteiger partial charge in [-0.25, -0.2) is 8.42 Å². The summed E-state index contributed by atoms with van der Waals surface area (Å²) in [6.07, 6.45) is 0. The minimum absolute atomic E-state index is 0.0255. The van der Waals surface area contributed by atoms with E-state index in [2.05, 4.69) is 0 Å². The van der Waals surface area contributed by atoms with Crippen molar-refractivity contribution in [2.24, 2.45) is 5.73 Å². The summed E-state index contributed by atoms with van der Waals surface area (Å²) in [6.45, 7) is 0. The molecule has 112 valence electrons. The van der Waals surface area contributed by atoms with E-state index in [1.165, 1.54) is 18.2 Å². The molecule has 0 aliphatic carbocycles. The molecule has 0 saturated heterocycles. The molecule has 1 heterocycles. The lowest BCUT2D eigenvalue weighted by atomic mass is 10.1. The molecule has 0 unspecified atom stereocenters. The predicted octanol–water partition coefficient (Wildman–Crippen LogP) is 3.29. The standard InChI is InChI=1S/C15H9Cl2NO3S/c16-8-5-6-12-10(7-8)14(19)15(22(12,20)21)13(18)9-3-1-2-4-11(9)17/h1-7H,18H2/b15-13+. The van der Waals surface area contributed by atoms with E-state index in [0.717, 1.165) is 0 Å². The number of allylic oxidation sites excluding steroid dienone is 1. The number of nitrogens with two attached hydrogens (primary N) is 1. The Labute approximate surface area is 137 Å². The Bertz CT molecular complexity index is 949. The number of sulfone groups is 1. The van der Waals surface area contributed by atoms with Crippen LogP contribution in [-0.4, -0.2) is 14.2 Å². The normalized spacial score (nSPS) is 18.2. The van der Waals surface area contributed by atoms with E-state index < -0.39 is 20.5 Å². The van der Waals surface area contributed by atoms with Crippen molar-refractivity contribution in [1.82, 2.24) is 0 Å². The lowest BCUT2D eigenvalue weighted by Crippen LogP contribution is -2.11. The molecule has 1 aliphatic heterocycles. The second kappa shape index (κ2) is 5.12. The van der Waals surface area contributed by atoms with Crippen molar-refractivity contribution in [3.05, 3.63) is 68.5 Å². The average molecular weight is 354 g/mol. The Balaban J connectivity index is 2.32. The van der Waals surface area contributed by atoms with Crippen LogP contribution in [0.2, 0.25) is 10.0 Å². The minimum atomic E-state index is -3.99. The van der Waals surface area contributed by atoms with E-state index in [1.54, 1.807) is 24.3 Å². The van der Waals surface area contributed by atoms with Crippen molar-refractivity contribution in [2.75, 3.05) is 0 Å². The molecule has 2 N–H and O–H groups in total. The first-order chi connectivity index (χ1) is 10.3. The van der Waals surface area contributed by atoms with Crippen LogP contribution in [0.1, 0.15) is 15.9 Å². The van der Waals surface area contributed by atoms with E-state index >= 15 is 0 Å². The van der Waals surface area contributed by atoms with Gasteiger partial charge in [-0.15, -0.1) is 0 Å². The fourth-order valence-corrected chi connectivity index (χ4v) is 4.41. The predicted molar refractivity (Wildman–Crippen MR) is 85.5 cm³/mol. The third kappa shape index (κ3) is 2.13. The number of carbonyl (C=O) groups is 1. The highest BCUT2D eigenvalue weighted by Gasteiger charge is 2.41. The van der Waals surface area contributed by atoms with Crippen molar-refractivity contribution in [1.29, 1.82) is 0 Å². The Morgan fingerprint density at radius 3 is 2.41 bits per heavy atom. The van der Waals surface area contributed by atoms with Crippen molar-refractivity contribution in [3.63, 3.8) is 0 Å². The summed E-state index contributed by atoms with van der Waals surface area (Å²) in [5, 5.41) is 0.546. The molecule has 22 heavy (non-hydrogen) atoms. The fourth-order valence-electron chi connectivity index (χ4n) is 2.34. The number of rotatable bonds is 1. The van der Waals surface area contributed by atoms with E-state index in [4.69, 9.17) is 28.9 Å². The molecule has 2 aromatic carbocycles. The quantitative estimate of drug-likeness (QED) is 0.798. The molecule has 0 aromatic heterocycles. The lowest BCUT2D eigenvalue weighted by molar-refractivity contribution is 0.104. The smallest absolute Gasteiger partial charge is 0.213 e. The molecule has 0 bridgehead atoms. The molecule has 0 spiro atoms. The van der Waals surface area contributed by atoms with Crippen molar-refractivity contribution < 1.29 is 13.2 Å². The average Bonchev–Trinajstić information content (AvgIpc) is 2.65. The Morgan fingerprint density at radius 1 is 1.05 bits per heavy atom. The number of benzene rings is 2. The van der Waals surface area contributed by atoms with Crippen LogP contribution >= 0.6 is 23.2 Å². The van der Waals surface area contributed by atoms with Crippen molar-refractivity contribution in [2.45, 2.75) is 4.90 Å². The van der Waals surface area contributed by atoms with Crippen molar-refractivity contribution in [3.8, 4) is 0 Å². The van der Waals surface area contributed by atoms with Crippen molar-refractivity contribution >= 4 is 44.5 Å². The first-order valence-corrected chi connectivity index (χ1v) is 8.42. The summed E-state index contributed by atoms with van der Waals surface area (Å²) in [4.78, 5) is 11.9. The van der Waals surface area contributed by atoms with Crippen LogP contribution in [0.15, 0.2) is 52.3 Å². The Morgan fingerprint density at radius 2 is 1.73 bits per heavy atom. The second-order valence-corrected chi connectivity index (χ2v) is 7.39. The first kappa shape index (κ1) is 15.1. The summed E-state index contributed by atoms with van der Waals surface area (Å²) < 4.78 is 25.2. The van der Waals surface area contributed by atoms with Gasteiger partial charge in [0.2, 0.25) is 15.6 Å². The zero-order chi connectivity index (χ0) is 16.1. The number of hydrogen-bond acceptors (Lipinski definition) is 4. The number of hydrogen-bond donors (Lipinski definition) is 1. The summed E-state index contributed by atoms with van der Waals surface area (Å²) in [6, 6.07) is 10.5. The van der Waals surface area contributed by atoms with Crippen LogP contribution in [0.3, 0.4) is 0 Å². The van der Waals surface area contributed by atoms with Crippen LogP contribution in [-0.2, 0) is 9.84 Å². The number of halogens is 2. The maximum absolute atomic E-state index is 12.6. The topological polar surface area (TPSA) is 77.2 Å². The molecule has 3 rings (SSSR count). The van der Waals surface area contributed by atoms with Gasteiger partial charge in [-0.1, -0.05) is 41.4 Å². The van der Waals surface area contributed by atoms with Gasteiger partial charge in [-0.3, -0.25) is 4.79 Å². The van der Waals surface area contributed by atoms with Gasteiger partial charge >= 0.3 is 0 Å². The Kier molecular flexibility index (Phi) is 3.51. The van der Waals surface area contributed by atoms with Crippen LogP contribution in [0.25, 0.3) is 5.70 Å². The molecule has 7 heteroatoms. The fraction of sp³-hybridized carbons (Fsp3) is 0. The summed E-state index contributed by atoms with van der Waals surface area (Å²) >= 11 is 11.9. The van der Waals surface area contributed by atoms with Gasteiger partial charge in [0.1, 0.15) is 4.91 Å². The minimum Gasteiger partial charge on any atom is -0.397 e. The monoisotopic (exact) mass is 353 g/mol. The van der Waals surface area contributed by atoms with E-state index in [-0.39, 0.29) is 26.2 Å². The van der Waals surface area contributed by atoms with E-state index in [0.29, 0.717) is 5.56 Å². The summed E-state index contributed by atoms with van der Waals surface area (Å²) in [7, 11) is -3.99. The molecular formula is C15H9Cl2NO3S. The van der Waals surface area contributed by atoms with Gasteiger partial charge in [0.15, 0.2) is 0 Å². The second-order valence-electron chi connectivity index (χ2n) is 4.70. The molecule has 2 aromatic rings. The molecule has 0 amide bonds. The zero-order valence-corrected chi connectivity index (χ0v) is 13.3. The highest BCUT2D eigenvalue weighted by molar-refractivity contribution is 7.97.